The number of benzene rings is 2. The molecule has 0 fully saturated rings. The van der Waals surface area contributed by atoms with E-state index in [4.69, 9.17) is 21.7 Å². The van der Waals surface area contributed by atoms with Gasteiger partial charge in [0, 0.05) is 11.3 Å². The van der Waals surface area contributed by atoms with Gasteiger partial charge in [-0.1, -0.05) is 0 Å². The molecule has 1 aliphatic rings. The predicted molar refractivity (Wildman–Crippen MR) is 82.7 cm³/mol. The van der Waals surface area contributed by atoms with Crippen LogP contribution in [-0.4, -0.2) is 17.8 Å². The number of rotatable bonds is 2. The van der Waals surface area contributed by atoms with Gasteiger partial charge in [0.25, 0.3) is 5.91 Å². The van der Waals surface area contributed by atoms with E-state index in [9.17, 15) is 9.18 Å². The van der Waals surface area contributed by atoms with Crippen molar-refractivity contribution >= 4 is 28.9 Å². The van der Waals surface area contributed by atoms with Gasteiger partial charge in [-0.3, -0.25) is 10.1 Å². The van der Waals surface area contributed by atoms with E-state index in [1.807, 2.05) is 0 Å². The largest absolute Gasteiger partial charge is 0.454 e. The molecule has 1 heterocycles. The van der Waals surface area contributed by atoms with Crippen LogP contribution in [0.25, 0.3) is 0 Å². The van der Waals surface area contributed by atoms with Crippen molar-refractivity contribution in [2.75, 3.05) is 12.1 Å². The van der Waals surface area contributed by atoms with E-state index in [1.165, 1.54) is 24.3 Å². The summed E-state index contributed by atoms with van der Waals surface area (Å²) in [5.74, 6) is 0.396. The number of hydrogen-bond donors (Lipinski definition) is 2. The van der Waals surface area contributed by atoms with Gasteiger partial charge in [-0.2, -0.15) is 0 Å². The van der Waals surface area contributed by atoms with Gasteiger partial charge in [-0.15, -0.1) is 0 Å². The number of nitrogens with one attached hydrogen (secondary N) is 2. The minimum absolute atomic E-state index is 0.120. The molecule has 112 valence electrons. The van der Waals surface area contributed by atoms with Crippen molar-refractivity contribution in [2.24, 2.45) is 0 Å². The Morgan fingerprint density at radius 2 is 1.82 bits per heavy atom. The molecule has 0 unspecified atom stereocenters. The number of fused-ring (bicyclic) bond motifs is 1. The first-order valence-corrected chi connectivity index (χ1v) is 6.80. The Bertz CT molecular complexity index is 734. The Balaban J connectivity index is 1.63. The highest BCUT2D eigenvalue weighted by Gasteiger charge is 2.16. The molecule has 7 heteroatoms. The molecular formula is C15H11FN2O3S. The van der Waals surface area contributed by atoms with E-state index in [-0.39, 0.29) is 23.6 Å². The molecule has 0 aromatic heterocycles. The molecule has 5 nitrogen and oxygen atoms in total. The average molecular weight is 318 g/mol. The fraction of sp³-hybridized carbons (Fsp3) is 0.0667. The molecule has 2 aromatic carbocycles. The average Bonchev–Trinajstić information content (AvgIpc) is 2.97. The molecule has 1 amide bonds. The molecular weight excluding hydrogens is 307 g/mol. The van der Waals surface area contributed by atoms with Crippen LogP contribution in [0.2, 0.25) is 0 Å². The van der Waals surface area contributed by atoms with Crippen LogP contribution in [-0.2, 0) is 0 Å². The van der Waals surface area contributed by atoms with Gasteiger partial charge in [0.05, 0.1) is 0 Å². The Labute approximate surface area is 131 Å². The topological polar surface area (TPSA) is 59.6 Å². The Morgan fingerprint density at radius 3 is 2.59 bits per heavy atom. The summed E-state index contributed by atoms with van der Waals surface area (Å²) in [5, 5.41) is 5.46. The van der Waals surface area contributed by atoms with E-state index in [0.717, 1.165) is 0 Å². The maximum Gasteiger partial charge on any atom is 0.257 e. The Kier molecular flexibility index (Phi) is 3.88. The smallest absolute Gasteiger partial charge is 0.257 e. The first-order chi connectivity index (χ1) is 10.6. The minimum Gasteiger partial charge on any atom is -0.454 e. The number of hydrogen-bond acceptors (Lipinski definition) is 4. The van der Waals surface area contributed by atoms with Crippen LogP contribution in [0.3, 0.4) is 0 Å². The zero-order valence-corrected chi connectivity index (χ0v) is 12.1. The highest BCUT2D eigenvalue weighted by atomic mass is 32.1. The summed E-state index contributed by atoms with van der Waals surface area (Å²) < 4.78 is 23.2. The van der Waals surface area contributed by atoms with Gasteiger partial charge in [-0.05, 0) is 54.7 Å². The second-order valence-corrected chi connectivity index (χ2v) is 4.89. The summed E-state index contributed by atoms with van der Waals surface area (Å²) >= 11 is 5.05. The lowest BCUT2D eigenvalue weighted by atomic mass is 10.2. The van der Waals surface area contributed by atoms with Gasteiger partial charge in [0.2, 0.25) is 6.79 Å². The number of carbonyl (C=O) groups is 1. The van der Waals surface area contributed by atoms with Gasteiger partial charge in [0.1, 0.15) is 5.82 Å². The van der Waals surface area contributed by atoms with Gasteiger partial charge in [-0.25, -0.2) is 4.39 Å². The highest BCUT2D eigenvalue weighted by Crippen LogP contribution is 2.32. The van der Waals surface area contributed by atoms with Crippen molar-refractivity contribution in [3.05, 3.63) is 53.8 Å². The first-order valence-electron chi connectivity index (χ1n) is 6.39. The molecule has 0 saturated carbocycles. The fourth-order valence-electron chi connectivity index (χ4n) is 1.91. The number of ether oxygens (including phenoxy) is 2. The molecule has 0 spiro atoms. The van der Waals surface area contributed by atoms with E-state index in [0.29, 0.717) is 22.7 Å². The summed E-state index contributed by atoms with van der Waals surface area (Å²) in [4.78, 5) is 12.1. The fourth-order valence-corrected chi connectivity index (χ4v) is 2.12. The van der Waals surface area contributed by atoms with Crippen molar-refractivity contribution in [1.29, 1.82) is 0 Å². The lowest BCUT2D eigenvalue weighted by molar-refractivity contribution is 0.0977. The van der Waals surface area contributed by atoms with Crippen molar-refractivity contribution in [1.82, 2.24) is 5.32 Å². The zero-order chi connectivity index (χ0) is 15.5. The number of thiocarbonyl (C=S) groups is 1. The number of amides is 1. The molecule has 3 rings (SSSR count). The van der Waals surface area contributed by atoms with Crippen molar-refractivity contribution in [3.8, 4) is 11.5 Å². The van der Waals surface area contributed by atoms with E-state index >= 15 is 0 Å². The number of anilines is 1. The lowest BCUT2D eigenvalue weighted by Crippen LogP contribution is -2.34. The molecule has 1 aliphatic heterocycles. The van der Waals surface area contributed by atoms with Crippen LogP contribution in [0.4, 0.5) is 10.1 Å². The molecule has 0 aliphatic carbocycles. The standard InChI is InChI=1S/C15H11FN2O3S/c16-10-2-4-11(5-3-10)17-15(22)18-14(19)9-1-6-12-13(7-9)21-8-20-12/h1-7H,8H2,(H2,17,18,19,22). The summed E-state index contributed by atoms with van der Waals surface area (Å²) in [6, 6.07) is 10.5. The van der Waals surface area contributed by atoms with E-state index in [2.05, 4.69) is 10.6 Å². The lowest BCUT2D eigenvalue weighted by Gasteiger charge is -2.09. The molecule has 2 aromatic rings. The summed E-state index contributed by atoms with van der Waals surface area (Å²) in [6.45, 7) is 0.144. The monoisotopic (exact) mass is 318 g/mol. The van der Waals surface area contributed by atoms with Crippen LogP contribution in [0, 0.1) is 5.82 Å². The summed E-state index contributed by atoms with van der Waals surface area (Å²) in [7, 11) is 0. The van der Waals surface area contributed by atoms with Gasteiger partial charge in [0.15, 0.2) is 16.6 Å². The van der Waals surface area contributed by atoms with E-state index in [1.54, 1.807) is 18.2 Å². The van der Waals surface area contributed by atoms with Crippen molar-refractivity contribution in [3.63, 3.8) is 0 Å². The minimum atomic E-state index is -0.377. The van der Waals surface area contributed by atoms with Gasteiger partial charge >= 0.3 is 0 Å². The van der Waals surface area contributed by atoms with Crippen LogP contribution in [0.5, 0.6) is 11.5 Å². The van der Waals surface area contributed by atoms with Crippen LogP contribution < -0.4 is 20.1 Å². The molecule has 2 N–H and O–H groups in total. The predicted octanol–water partition coefficient (Wildman–Crippen LogP) is 2.68. The summed E-state index contributed by atoms with van der Waals surface area (Å²) in [6.07, 6.45) is 0. The van der Waals surface area contributed by atoms with Crippen molar-refractivity contribution < 1.29 is 18.7 Å². The maximum absolute atomic E-state index is 12.8. The molecule has 0 bridgehead atoms. The normalized spacial score (nSPS) is 11.9. The molecule has 0 radical (unpaired) electrons. The third-order valence-corrected chi connectivity index (χ3v) is 3.17. The highest BCUT2D eigenvalue weighted by molar-refractivity contribution is 7.80. The number of halogens is 1. The third-order valence-electron chi connectivity index (χ3n) is 2.96. The molecule has 0 saturated heterocycles. The first kappa shape index (κ1) is 14.3. The maximum atomic E-state index is 12.8. The third kappa shape index (κ3) is 3.15. The van der Waals surface area contributed by atoms with Gasteiger partial charge < -0.3 is 14.8 Å². The molecule has 22 heavy (non-hydrogen) atoms. The second kappa shape index (κ2) is 5.98. The summed E-state index contributed by atoms with van der Waals surface area (Å²) in [5.41, 5.74) is 0.977. The van der Waals surface area contributed by atoms with Crippen LogP contribution in [0.15, 0.2) is 42.5 Å². The zero-order valence-electron chi connectivity index (χ0n) is 11.3. The quantitative estimate of drug-likeness (QED) is 0.834. The number of carbonyl (C=O) groups excluding carboxylic acids is 1. The van der Waals surface area contributed by atoms with E-state index < -0.39 is 0 Å². The second-order valence-electron chi connectivity index (χ2n) is 4.48. The Hall–Kier alpha value is -2.67. The molecule has 0 atom stereocenters. The van der Waals surface area contributed by atoms with Crippen LogP contribution in [0.1, 0.15) is 10.4 Å². The van der Waals surface area contributed by atoms with Crippen molar-refractivity contribution in [2.45, 2.75) is 0 Å². The SMILES string of the molecule is O=C(NC(=S)Nc1ccc(F)cc1)c1ccc2c(c1)OCO2. The van der Waals surface area contributed by atoms with Crippen LogP contribution >= 0.6 is 12.2 Å². The Morgan fingerprint density at radius 1 is 1.09 bits per heavy atom.